The number of rotatable bonds is 9. The van der Waals surface area contributed by atoms with Crippen molar-refractivity contribution in [2.45, 2.75) is 18.6 Å². The number of aliphatic hydroxyl groups is 1. The van der Waals surface area contributed by atoms with Gasteiger partial charge in [0.15, 0.2) is 11.5 Å². The first-order chi connectivity index (χ1) is 12.6. The van der Waals surface area contributed by atoms with Crippen LogP contribution in [0.1, 0.15) is 17.2 Å². The number of hydrogen-bond acceptors (Lipinski definition) is 6. The Bertz CT molecular complexity index is 715. The normalized spacial score (nSPS) is 13.0. The Hall–Kier alpha value is -2.44. The van der Waals surface area contributed by atoms with Crippen LogP contribution in [0.25, 0.3) is 0 Å². The van der Waals surface area contributed by atoms with Gasteiger partial charge in [-0.1, -0.05) is 12.1 Å². The van der Waals surface area contributed by atoms with Crippen LogP contribution in [0.5, 0.6) is 23.0 Å². The van der Waals surface area contributed by atoms with Crippen LogP contribution in [0, 0.1) is 0 Å². The Balaban J connectivity index is 2.25. The third-order valence-corrected chi connectivity index (χ3v) is 4.26. The van der Waals surface area contributed by atoms with E-state index < -0.39 is 12.2 Å². The van der Waals surface area contributed by atoms with Crippen LogP contribution >= 0.6 is 0 Å². The second-order valence-corrected chi connectivity index (χ2v) is 5.72. The number of methoxy groups -OCH3 is 5. The second kappa shape index (κ2) is 9.31. The summed E-state index contributed by atoms with van der Waals surface area (Å²) in [7, 11) is 7.90. The maximum Gasteiger partial charge on any atom is 0.161 e. The third-order valence-electron chi connectivity index (χ3n) is 4.26. The summed E-state index contributed by atoms with van der Waals surface area (Å²) in [5, 5.41) is 10.8. The summed E-state index contributed by atoms with van der Waals surface area (Å²) in [6, 6.07) is 11.0. The molecule has 0 saturated carbocycles. The Kier molecular flexibility index (Phi) is 7.12. The molecule has 1 N–H and O–H groups in total. The minimum Gasteiger partial charge on any atom is -0.497 e. The van der Waals surface area contributed by atoms with Crippen molar-refractivity contribution in [2.24, 2.45) is 0 Å². The summed E-state index contributed by atoms with van der Waals surface area (Å²) in [5.74, 6) is 2.56. The minimum atomic E-state index is -0.777. The molecule has 6 nitrogen and oxygen atoms in total. The molecule has 0 radical (unpaired) electrons. The number of ether oxygens (including phenoxy) is 5. The molecule has 0 heterocycles. The van der Waals surface area contributed by atoms with E-state index in [0.29, 0.717) is 29.4 Å². The van der Waals surface area contributed by atoms with Gasteiger partial charge >= 0.3 is 0 Å². The quantitative estimate of drug-likeness (QED) is 0.740. The first-order valence-electron chi connectivity index (χ1n) is 8.21. The highest BCUT2D eigenvalue weighted by molar-refractivity contribution is 5.44. The number of hydrogen-bond donors (Lipinski definition) is 1. The third kappa shape index (κ3) is 4.39. The largest absolute Gasteiger partial charge is 0.497 e. The molecule has 0 aliphatic rings. The number of benzene rings is 2. The predicted molar refractivity (Wildman–Crippen MR) is 98.6 cm³/mol. The van der Waals surface area contributed by atoms with E-state index in [-0.39, 0.29) is 0 Å². The molecule has 2 aromatic rings. The molecule has 0 fully saturated rings. The van der Waals surface area contributed by atoms with Crippen molar-refractivity contribution in [1.29, 1.82) is 0 Å². The molecular formula is C20H26O6. The van der Waals surface area contributed by atoms with E-state index >= 15 is 0 Å². The fourth-order valence-corrected chi connectivity index (χ4v) is 2.90. The first kappa shape index (κ1) is 19.9. The molecule has 2 unspecified atom stereocenters. The fourth-order valence-electron chi connectivity index (χ4n) is 2.90. The van der Waals surface area contributed by atoms with Crippen molar-refractivity contribution in [1.82, 2.24) is 0 Å². The van der Waals surface area contributed by atoms with E-state index in [1.54, 1.807) is 47.7 Å². The van der Waals surface area contributed by atoms with Gasteiger partial charge in [-0.3, -0.25) is 0 Å². The zero-order chi connectivity index (χ0) is 19.1. The maximum atomic E-state index is 10.8. The molecule has 0 aliphatic heterocycles. The van der Waals surface area contributed by atoms with Gasteiger partial charge < -0.3 is 28.8 Å². The lowest BCUT2D eigenvalue weighted by Gasteiger charge is -2.24. The molecule has 2 rings (SSSR count). The summed E-state index contributed by atoms with van der Waals surface area (Å²) < 4.78 is 26.8. The summed E-state index contributed by atoms with van der Waals surface area (Å²) in [4.78, 5) is 0. The minimum absolute atomic E-state index is 0.361. The second-order valence-electron chi connectivity index (χ2n) is 5.72. The van der Waals surface area contributed by atoms with Gasteiger partial charge in [0.2, 0.25) is 0 Å². The zero-order valence-electron chi connectivity index (χ0n) is 15.8. The smallest absolute Gasteiger partial charge is 0.161 e. The molecule has 0 bridgehead atoms. The van der Waals surface area contributed by atoms with Crippen LogP contribution < -0.4 is 18.9 Å². The monoisotopic (exact) mass is 362 g/mol. The van der Waals surface area contributed by atoms with Crippen LogP contribution in [0.2, 0.25) is 0 Å². The summed E-state index contributed by atoms with van der Waals surface area (Å²) in [6.07, 6.45) is -0.943. The molecule has 6 heteroatoms. The Labute approximate surface area is 154 Å². The Morgan fingerprint density at radius 1 is 0.769 bits per heavy atom. The van der Waals surface area contributed by atoms with E-state index in [1.165, 1.54) is 0 Å². The standard InChI is InChI=1S/C20H26O6/c1-22-15-8-6-13(18(12-15)24-3)10-16(21)20(26-5)14-7-9-17(23-2)19(11-14)25-4/h6-9,11-12,16,20-21H,10H2,1-5H3. The molecular weight excluding hydrogens is 336 g/mol. The topological polar surface area (TPSA) is 66.4 Å². The van der Waals surface area contributed by atoms with Gasteiger partial charge in [-0.2, -0.15) is 0 Å². The molecule has 26 heavy (non-hydrogen) atoms. The van der Waals surface area contributed by atoms with Crippen molar-refractivity contribution >= 4 is 0 Å². The molecule has 142 valence electrons. The van der Waals surface area contributed by atoms with E-state index in [1.807, 2.05) is 24.3 Å². The van der Waals surface area contributed by atoms with Gasteiger partial charge in [0.1, 0.15) is 17.6 Å². The lowest BCUT2D eigenvalue weighted by Crippen LogP contribution is -2.23. The molecule has 0 amide bonds. The molecule has 0 saturated heterocycles. The summed E-state index contributed by atoms with van der Waals surface area (Å²) >= 11 is 0. The van der Waals surface area contributed by atoms with Gasteiger partial charge in [0, 0.05) is 19.6 Å². The number of aliphatic hydroxyl groups excluding tert-OH is 1. The van der Waals surface area contributed by atoms with Gasteiger partial charge in [0.25, 0.3) is 0 Å². The van der Waals surface area contributed by atoms with E-state index in [9.17, 15) is 5.11 Å². The van der Waals surface area contributed by atoms with Gasteiger partial charge in [-0.25, -0.2) is 0 Å². The van der Waals surface area contributed by atoms with Crippen molar-refractivity contribution in [3.8, 4) is 23.0 Å². The highest BCUT2D eigenvalue weighted by Gasteiger charge is 2.24. The average Bonchev–Trinajstić information content (AvgIpc) is 2.68. The van der Waals surface area contributed by atoms with Crippen molar-refractivity contribution in [3.63, 3.8) is 0 Å². The lowest BCUT2D eigenvalue weighted by atomic mass is 9.97. The van der Waals surface area contributed by atoms with Gasteiger partial charge in [0.05, 0.1) is 34.5 Å². The molecule has 2 aromatic carbocycles. The average molecular weight is 362 g/mol. The molecule has 0 aromatic heterocycles. The van der Waals surface area contributed by atoms with Crippen LogP contribution in [-0.4, -0.2) is 46.8 Å². The SMILES string of the molecule is COc1ccc(CC(O)C(OC)c2ccc(OC)c(OC)c2)c(OC)c1. The summed E-state index contributed by atoms with van der Waals surface area (Å²) in [6.45, 7) is 0. The van der Waals surface area contributed by atoms with E-state index in [4.69, 9.17) is 23.7 Å². The summed E-state index contributed by atoms with van der Waals surface area (Å²) in [5.41, 5.74) is 1.66. The lowest BCUT2D eigenvalue weighted by molar-refractivity contribution is -0.0131. The van der Waals surface area contributed by atoms with Crippen molar-refractivity contribution in [2.75, 3.05) is 35.5 Å². The van der Waals surface area contributed by atoms with Crippen molar-refractivity contribution in [3.05, 3.63) is 47.5 Å². The van der Waals surface area contributed by atoms with Crippen LogP contribution in [0.4, 0.5) is 0 Å². The fraction of sp³-hybridized carbons (Fsp3) is 0.400. The molecule has 0 aliphatic carbocycles. The zero-order valence-corrected chi connectivity index (χ0v) is 15.8. The van der Waals surface area contributed by atoms with Crippen molar-refractivity contribution < 1.29 is 28.8 Å². The highest BCUT2D eigenvalue weighted by atomic mass is 16.5. The van der Waals surface area contributed by atoms with E-state index in [0.717, 1.165) is 11.1 Å². The predicted octanol–water partition coefficient (Wildman–Crippen LogP) is 3.01. The van der Waals surface area contributed by atoms with Crippen LogP contribution in [-0.2, 0) is 11.2 Å². The Morgan fingerprint density at radius 3 is 2.04 bits per heavy atom. The molecule has 0 spiro atoms. The van der Waals surface area contributed by atoms with Gasteiger partial charge in [-0.05, 0) is 29.3 Å². The van der Waals surface area contributed by atoms with Crippen LogP contribution in [0.15, 0.2) is 36.4 Å². The van der Waals surface area contributed by atoms with Crippen LogP contribution in [0.3, 0.4) is 0 Å². The first-order valence-corrected chi connectivity index (χ1v) is 8.21. The maximum absolute atomic E-state index is 10.8. The Morgan fingerprint density at radius 2 is 1.46 bits per heavy atom. The highest BCUT2D eigenvalue weighted by Crippen LogP contribution is 2.34. The van der Waals surface area contributed by atoms with Gasteiger partial charge in [-0.15, -0.1) is 0 Å². The molecule has 2 atom stereocenters. The van der Waals surface area contributed by atoms with E-state index in [2.05, 4.69) is 0 Å².